The molecule has 1 fully saturated rings. The fourth-order valence-corrected chi connectivity index (χ4v) is 4.29. The Morgan fingerprint density at radius 1 is 1.14 bits per heavy atom. The quantitative estimate of drug-likeness (QED) is 0.271. The molecule has 0 aromatic heterocycles. The lowest BCUT2D eigenvalue weighted by Crippen LogP contribution is -2.60. The highest BCUT2D eigenvalue weighted by atomic mass is 19.4. The smallest absolute Gasteiger partial charge is 0.418 e. The fourth-order valence-electron chi connectivity index (χ4n) is 4.29. The molecule has 2 aromatic carbocycles. The molecule has 0 bridgehead atoms. The molecule has 2 aliphatic rings. The molecule has 0 spiro atoms. The first-order valence-corrected chi connectivity index (χ1v) is 11.8. The Morgan fingerprint density at radius 2 is 1.86 bits per heavy atom. The number of nitriles is 1. The molecular formula is C25H27F3N6O3. The average Bonchev–Trinajstić information content (AvgIpc) is 2.87. The molecule has 12 heteroatoms. The second-order valence-corrected chi connectivity index (χ2v) is 8.93. The molecule has 9 nitrogen and oxygen atoms in total. The number of rotatable bonds is 3. The number of urea groups is 1. The van der Waals surface area contributed by atoms with E-state index in [1.165, 1.54) is 18.2 Å². The standard InChI is InChI=1S/C25H27F3N6O3/c1-16(2)20-14-33(24(35)31-17-7-8-21-22(13-17)37-12-11-36-21)9-10-34(20)23(30-15-29)32-19-6-4-3-5-18(19)25(26,27)28/h3-8,13,16,20H,9-12,14H2,1-2H3,(H,30,32)(H,31,35). The van der Waals surface area contributed by atoms with Crippen molar-refractivity contribution in [1.29, 1.82) is 5.26 Å². The third-order valence-corrected chi connectivity index (χ3v) is 6.14. The second kappa shape index (κ2) is 10.9. The normalized spacial score (nSPS) is 17.9. The zero-order chi connectivity index (χ0) is 26.6. The van der Waals surface area contributed by atoms with Crippen LogP contribution in [-0.2, 0) is 6.18 Å². The maximum absolute atomic E-state index is 13.5. The lowest BCUT2D eigenvalue weighted by molar-refractivity contribution is -0.137. The summed E-state index contributed by atoms with van der Waals surface area (Å²) in [5, 5.41) is 14.6. The first kappa shape index (κ1) is 25.9. The van der Waals surface area contributed by atoms with Crippen LogP contribution in [0.1, 0.15) is 19.4 Å². The van der Waals surface area contributed by atoms with Crippen LogP contribution in [0.4, 0.5) is 29.3 Å². The van der Waals surface area contributed by atoms with Crippen LogP contribution in [0.2, 0.25) is 0 Å². The Labute approximate surface area is 212 Å². The van der Waals surface area contributed by atoms with Crippen molar-refractivity contribution in [2.45, 2.75) is 26.1 Å². The van der Waals surface area contributed by atoms with Crippen molar-refractivity contribution in [2.75, 3.05) is 38.2 Å². The summed E-state index contributed by atoms with van der Waals surface area (Å²) in [6, 6.07) is 9.46. The van der Waals surface area contributed by atoms with E-state index in [2.05, 4.69) is 15.6 Å². The van der Waals surface area contributed by atoms with Gasteiger partial charge < -0.3 is 24.6 Å². The SMILES string of the molecule is CC(C)C1CN(C(=O)Nc2ccc3c(c2)OCCO3)CCN1C(=Nc1ccccc1C(F)(F)F)NC#N. The maximum Gasteiger partial charge on any atom is 0.418 e. The Hall–Kier alpha value is -4.14. The van der Waals surface area contributed by atoms with Gasteiger partial charge in [-0.05, 0) is 30.2 Å². The molecule has 2 aliphatic heterocycles. The molecule has 0 saturated carbocycles. The fraction of sp³-hybridized carbons (Fsp3) is 0.400. The second-order valence-electron chi connectivity index (χ2n) is 8.93. The lowest BCUT2D eigenvalue weighted by Gasteiger charge is -2.44. The van der Waals surface area contributed by atoms with Crippen LogP contribution >= 0.6 is 0 Å². The number of hydrogen-bond acceptors (Lipinski definition) is 5. The summed E-state index contributed by atoms with van der Waals surface area (Å²) >= 11 is 0. The number of aliphatic imine (C=N–C) groups is 1. The number of amides is 2. The minimum atomic E-state index is -4.60. The monoisotopic (exact) mass is 516 g/mol. The third kappa shape index (κ3) is 5.99. The van der Waals surface area contributed by atoms with Gasteiger partial charge in [-0.2, -0.15) is 18.4 Å². The van der Waals surface area contributed by atoms with Crippen molar-refractivity contribution < 1.29 is 27.4 Å². The topological polar surface area (TPSA) is 102 Å². The first-order chi connectivity index (χ1) is 17.7. The molecule has 2 aromatic rings. The molecule has 2 N–H and O–H groups in total. The van der Waals surface area contributed by atoms with Crippen LogP contribution < -0.4 is 20.1 Å². The molecule has 2 amide bonds. The largest absolute Gasteiger partial charge is 0.486 e. The van der Waals surface area contributed by atoms with E-state index in [-0.39, 0.29) is 49.3 Å². The number of benzene rings is 2. The highest BCUT2D eigenvalue weighted by molar-refractivity contribution is 5.90. The van der Waals surface area contributed by atoms with Crippen LogP contribution in [0.15, 0.2) is 47.5 Å². The molecule has 1 saturated heterocycles. The highest BCUT2D eigenvalue weighted by Gasteiger charge is 2.36. The Bertz CT molecular complexity index is 1210. The number of halogens is 3. The predicted molar refractivity (Wildman–Crippen MR) is 131 cm³/mol. The number of nitrogens with zero attached hydrogens (tertiary/aromatic N) is 4. The van der Waals surface area contributed by atoms with Crippen LogP contribution in [-0.4, -0.2) is 60.7 Å². The van der Waals surface area contributed by atoms with Gasteiger partial charge in [-0.3, -0.25) is 5.32 Å². The summed E-state index contributed by atoms with van der Waals surface area (Å²) < 4.78 is 51.6. The van der Waals surface area contributed by atoms with Crippen molar-refractivity contribution in [3.63, 3.8) is 0 Å². The van der Waals surface area contributed by atoms with E-state index in [0.29, 0.717) is 30.4 Å². The van der Waals surface area contributed by atoms with Gasteiger partial charge in [-0.1, -0.05) is 26.0 Å². The molecule has 1 atom stereocenters. The summed E-state index contributed by atoms with van der Waals surface area (Å²) in [5.41, 5.74) is -0.644. The van der Waals surface area contributed by atoms with Gasteiger partial charge in [0.15, 0.2) is 17.7 Å². The van der Waals surface area contributed by atoms with Gasteiger partial charge in [0.05, 0.1) is 17.3 Å². The predicted octanol–water partition coefficient (Wildman–Crippen LogP) is 4.41. The average molecular weight is 517 g/mol. The number of nitrogens with one attached hydrogen (secondary N) is 2. The van der Waals surface area contributed by atoms with E-state index in [1.807, 2.05) is 13.8 Å². The summed E-state index contributed by atoms with van der Waals surface area (Å²) in [6.07, 6.45) is -2.82. The van der Waals surface area contributed by atoms with Gasteiger partial charge in [0.2, 0.25) is 5.96 Å². The van der Waals surface area contributed by atoms with E-state index in [0.717, 1.165) is 6.07 Å². The number of carbonyl (C=O) groups excluding carboxylic acids is 1. The zero-order valence-corrected chi connectivity index (χ0v) is 20.4. The van der Waals surface area contributed by atoms with Gasteiger partial charge >= 0.3 is 12.2 Å². The minimum Gasteiger partial charge on any atom is -0.486 e. The number of hydrogen-bond donors (Lipinski definition) is 2. The van der Waals surface area contributed by atoms with Crippen molar-refractivity contribution in [3.8, 4) is 17.7 Å². The Kier molecular flexibility index (Phi) is 7.61. The van der Waals surface area contributed by atoms with Gasteiger partial charge in [-0.15, -0.1) is 0 Å². The van der Waals surface area contributed by atoms with E-state index in [1.54, 1.807) is 34.2 Å². The highest BCUT2D eigenvalue weighted by Crippen LogP contribution is 2.36. The van der Waals surface area contributed by atoms with Crippen molar-refractivity contribution in [3.05, 3.63) is 48.0 Å². The van der Waals surface area contributed by atoms with Gasteiger partial charge in [0.25, 0.3) is 0 Å². The number of alkyl halides is 3. The van der Waals surface area contributed by atoms with Gasteiger partial charge in [-0.25, -0.2) is 9.79 Å². The summed E-state index contributed by atoms with van der Waals surface area (Å²) in [6.45, 7) is 5.58. The molecule has 2 heterocycles. The number of fused-ring (bicyclic) bond motifs is 1. The molecule has 1 unspecified atom stereocenters. The number of ether oxygens (including phenoxy) is 2. The first-order valence-electron chi connectivity index (χ1n) is 11.8. The van der Waals surface area contributed by atoms with Crippen molar-refractivity contribution >= 4 is 23.4 Å². The van der Waals surface area contributed by atoms with Crippen molar-refractivity contribution in [1.82, 2.24) is 15.1 Å². The van der Waals surface area contributed by atoms with E-state index >= 15 is 0 Å². The van der Waals surface area contributed by atoms with Crippen molar-refractivity contribution in [2.24, 2.45) is 10.9 Å². The Balaban J connectivity index is 1.53. The molecule has 37 heavy (non-hydrogen) atoms. The van der Waals surface area contributed by atoms with Crippen LogP contribution in [0, 0.1) is 17.4 Å². The number of carbonyl (C=O) groups is 1. The Morgan fingerprint density at radius 3 is 2.57 bits per heavy atom. The summed E-state index contributed by atoms with van der Waals surface area (Å²) in [7, 11) is 0. The van der Waals surface area contributed by atoms with Crippen LogP contribution in [0.25, 0.3) is 0 Å². The number of guanidine groups is 1. The molecule has 0 radical (unpaired) electrons. The summed E-state index contributed by atoms with van der Waals surface area (Å²) in [5.74, 6) is 1.16. The lowest BCUT2D eigenvalue weighted by atomic mass is 10.00. The molecular weight excluding hydrogens is 489 g/mol. The van der Waals surface area contributed by atoms with E-state index < -0.39 is 11.7 Å². The zero-order valence-electron chi connectivity index (χ0n) is 20.4. The van der Waals surface area contributed by atoms with Gasteiger partial charge in [0.1, 0.15) is 13.2 Å². The van der Waals surface area contributed by atoms with Crippen LogP contribution in [0.5, 0.6) is 11.5 Å². The van der Waals surface area contributed by atoms with Gasteiger partial charge in [0, 0.05) is 31.4 Å². The number of anilines is 1. The van der Waals surface area contributed by atoms with E-state index in [4.69, 9.17) is 9.47 Å². The minimum absolute atomic E-state index is 0.00444. The molecule has 0 aliphatic carbocycles. The molecule has 196 valence electrons. The van der Waals surface area contributed by atoms with E-state index in [9.17, 15) is 23.2 Å². The number of piperazine rings is 1. The maximum atomic E-state index is 13.5. The third-order valence-electron chi connectivity index (χ3n) is 6.14. The molecule has 4 rings (SSSR count). The number of para-hydroxylation sites is 1. The van der Waals surface area contributed by atoms with Crippen LogP contribution in [0.3, 0.4) is 0 Å². The summed E-state index contributed by atoms with van der Waals surface area (Å²) in [4.78, 5) is 20.6.